The lowest BCUT2D eigenvalue weighted by Gasteiger charge is -2.17. The molecule has 17 heavy (non-hydrogen) atoms. The second-order valence-electron chi connectivity index (χ2n) is 4.28. The largest absolute Gasteiger partial charge is 0.381 e. The van der Waals surface area contributed by atoms with Crippen LogP contribution in [-0.2, 0) is 4.74 Å². The average Bonchev–Trinajstić information content (AvgIpc) is 2.86. The molecule has 0 aliphatic rings. The van der Waals surface area contributed by atoms with E-state index in [4.69, 9.17) is 4.74 Å². The van der Waals surface area contributed by atoms with Crippen molar-refractivity contribution >= 4 is 11.3 Å². The molecular formula is C14H25NOS. The molecule has 0 fully saturated rings. The summed E-state index contributed by atoms with van der Waals surface area (Å²) in [7, 11) is 0. The Morgan fingerprint density at radius 3 is 2.82 bits per heavy atom. The lowest BCUT2D eigenvalue weighted by Crippen LogP contribution is -2.22. The summed E-state index contributed by atoms with van der Waals surface area (Å²) in [5.74, 6) is 0. The van der Waals surface area contributed by atoms with Gasteiger partial charge in [-0.3, -0.25) is 0 Å². The Labute approximate surface area is 109 Å². The predicted octanol–water partition coefficient (Wildman–Crippen LogP) is 4.00. The minimum atomic E-state index is 0.469. The molecule has 0 spiro atoms. The molecule has 0 aliphatic carbocycles. The van der Waals surface area contributed by atoms with Gasteiger partial charge >= 0.3 is 0 Å². The zero-order valence-electron chi connectivity index (χ0n) is 11.1. The van der Waals surface area contributed by atoms with E-state index < -0.39 is 0 Å². The van der Waals surface area contributed by atoms with Crippen LogP contribution in [0.1, 0.15) is 50.4 Å². The maximum Gasteiger partial charge on any atom is 0.0484 e. The van der Waals surface area contributed by atoms with Gasteiger partial charge in [-0.15, -0.1) is 11.3 Å². The van der Waals surface area contributed by atoms with Gasteiger partial charge in [-0.25, -0.2) is 0 Å². The second-order valence-corrected chi connectivity index (χ2v) is 5.26. The Kier molecular flexibility index (Phi) is 8.32. The molecule has 1 aromatic heterocycles. The first-order valence-electron chi connectivity index (χ1n) is 6.73. The minimum absolute atomic E-state index is 0.469. The van der Waals surface area contributed by atoms with E-state index in [0.29, 0.717) is 6.04 Å². The molecule has 1 rings (SSSR count). The highest BCUT2D eigenvalue weighted by Gasteiger charge is 2.10. The molecule has 0 aromatic carbocycles. The van der Waals surface area contributed by atoms with Crippen molar-refractivity contribution in [2.24, 2.45) is 0 Å². The molecule has 0 aliphatic heterocycles. The van der Waals surface area contributed by atoms with Gasteiger partial charge in [-0.1, -0.05) is 26.3 Å². The molecule has 3 heteroatoms. The van der Waals surface area contributed by atoms with Crippen LogP contribution in [0.25, 0.3) is 0 Å². The predicted molar refractivity (Wildman–Crippen MR) is 75.7 cm³/mol. The van der Waals surface area contributed by atoms with Crippen molar-refractivity contribution in [3.05, 3.63) is 22.4 Å². The molecule has 98 valence electrons. The average molecular weight is 255 g/mol. The highest BCUT2D eigenvalue weighted by Crippen LogP contribution is 2.21. The lowest BCUT2D eigenvalue weighted by molar-refractivity contribution is 0.121. The van der Waals surface area contributed by atoms with E-state index in [1.54, 1.807) is 0 Å². The Bertz CT molecular complexity index is 261. The third-order valence-electron chi connectivity index (χ3n) is 2.72. The van der Waals surface area contributed by atoms with Gasteiger partial charge < -0.3 is 10.1 Å². The monoisotopic (exact) mass is 255 g/mol. The number of nitrogens with one attached hydrogen (secondary N) is 1. The van der Waals surface area contributed by atoms with Crippen molar-refractivity contribution < 1.29 is 4.74 Å². The number of hydrogen-bond acceptors (Lipinski definition) is 3. The number of rotatable bonds is 10. The van der Waals surface area contributed by atoms with Crippen LogP contribution in [0.3, 0.4) is 0 Å². The number of ether oxygens (including phenoxy) is 1. The molecule has 1 N–H and O–H groups in total. The third-order valence-corrected chi connectivity index (χ3v) is 3.71. The van der Waals surface area contributed by atoms with E-state index in [2.05, 4.69) is 36.7 Å². The van der Waals surface area contributed by atoms with Crippen LogP contribution in [0.2, 0.25) is 0 Å². The molecular weight excluding hydrogens is 230 g/mol. The van der Waals surface area contributed by atoms with Crippen LogP contribution in [0.15, 0.2) is 17.5 Å². The van der Waals surface area contributed by atoms with Crippen molar-refractivity contribution in [1.29, 1.82) is 0 Å². The molecule has 0 bridgehead atoms. The van der Waals surface area contributed by atoms with Crippen LogP contribution in [0, 0.1) is 0 Å². The van der Waals surface area contributed by atoms with Crippen LogP contribution in [-0.4, -0.2) is 19.8 Å². The van der Waals surface area contributed by atoms with E-state index in [-0.39, 0.29) is 0 Å². The third kappa shape index (κ3) is 6.20. The van der Waals surface area contributed by atoms with E-state index in [1.165, 1.54) is 24.1 Å². The quantitative estimate of drug-likeness (QED) is 0.638. The van der Waals surface area contributed by atoms with Crippen molar-refractivity contribution in [1.82, 2.24) is 5.32 Å². The normalized spacial score (nSPS) is 12.8. The van der Waals surface area contributed by atoms with Crippen molar-refractivity contribution in [3.8, 4) is 0 Å². The summed E-state index contributed by atoms with van der Waals surface area (Å²) in [6.45, 7) is 7.25. The van der Waals surface area contributed by atoms with Gasteiger partial charge in [0.05, 0.1) is 0 Å². The molecule has 2 nitrogen and oxygen atoms in total. The lowest BCUT2D eigenvalue weighted by atomic mass is 10.1. The smallest absolute Gasteiger partial charge is 0.0484 e. The zero-order chi connectivity index (χ0) is 12.3. The summed E-state index contributed by atoms with van der Waals surface area (Å²) in [6, 6.07) is 4.80. The molecule has 1 unspecified atom stereocenters. The summed E-state index contributed by atoms with van der Waals surface area (Å²) in [5.41, 5.74) is 0. The van der Waals surface area contributed by atoms with Crippen LogP contribution < -0.4 is 5.32 Å². The van der Waals surface area contributed by atoms with E-state index >= 15 is 0 Å². The fraction of sp³-hybridized carbons (Fsp3) is 0.714. The Balaban J connectivity index is 2.26. The highest BCUT2D eigenvalue weighted by atomic mass is 32.1. The summed E-state index contributed by atoms with van der Waals surface area (Å²) in [5, 5.41) is 5.74. The Hall–Kier alpha value is -0.380. The summed E-state index contributed by atoms with van der Waals surface area (Å²) in [4.78, 5) is 1.43. The maximum absolute atomic E-state index is 5.65. The molecule has 0 radical (unpaired) electrons. The van der Waals surface area contributed by atoms with Crippen molar-refractivity contribution in [2.75, 3.05) is 19.8 Å². The SMILES string of the molecule is CCCCOCCC(NCCC)c1cccs1. The van der Waals surface area contributed by atoms with Gasteiger partial charge in [0.2, 0.25) is 0 Å². The summed E-state index contributed by atoms with van der Waals surface area (Å²) < 4.78 is 5.65. The molecule has 1 heterocycles. The van der Waals surface area contributed by atoms with Crippen LogP contribution in [0.4, 0.5) is 0 Å². The number of hydrogen-bond donors (Lipinski definition) is 1. The van der Waals surface area contributed by atoms with E-state index in [9.17, 15) is 0 Å². The number of thiophene rings is 1. The first kappa shape index (κ1) is 14.7. The van der Waals surface area contributed by atoms with Crippen LogP contribution in [0.5, 0.6) is 0 Å². The standard InChI is InChI=1S/C14H25NOS/c1-3-5-10-16-11-8-13(15-9-4-2)14-7-6-12-17-14/h6-7,12-13,15H,3-5,8-11H2,1-2H3. The topological polar surface area (TPSA) is 21.3 Å². The molecule has 0 saturated carbocycles. The molecule has 0 amide bonds. The van der Waals surface area contributed by atoms with Gasteiger partial charge in [0.15, 0.2) is 0 Å². The Morgan fingerprint density at radius 2 is 2.18 bits per heavy atom. The first-order valence-corrected chi connectivity index (χ1v) is 7.61. The van der Waals surface area contributed by atoms with Gasteiger partial charge in [0, 0.05) is 24.1 Å². The fourth-order valence-electron chi connectivity index (χ4n) is 1.70. The van der Waals surface area contributed by atoms with Crippen molar-refractivity contribution in [2.45, 2.75) is 45.6 Å². The van der Waals surface area contributed by atoms with Gasteiger partial charge in [0.1, 0.15) is 0 Å². The maximum atomic E-state index is 5.65. The van der Waals surface area contributed by atoms with Gasteiger partial charge in [-0.05, 0) is 37.3 Å². The molecule has 1 atom stereocenters. The second kappa shape index (κ2) is 9.63. The summed E-state index contributed by atoms with van der Waals surface area (Å²) in [6.07, 6.45) is 4.64. The van der Waals surface area contributed by atoms with E-state index in [0.717, 1.165) is 26.2 Å². The van der Waals surface area contributed by atoms with E-state index in [1.807, 2.05) is 11.3 Å². The van der Waals surface area contributed by atoms with Gasteiger partial charge in [-0.2, -0.15) is 0 Å². The number of unbranched alkanes of at least 4 members (excludes halogenated alkanes) is 1. The zero-order valence-corrected chi connectivity index (χ0v) is 11.9. The Morgan fingerprint density at radius 1 is 1.29 bits per heavy atom. The van der Waals surface area contributed by atoms with Crippen LogP contribution >= 0.6 is 11.3 Å². The van der Waals surface area contributed by atoms with Gasteiger partial charge in [0.25, 0.3) is 0 Å². The first-order chi connectivity index (χ1) is 8.38. The highest BCUT2D eigenvalue weighted by molar-refractivity contribution is 7.10. The fourth-order valence-corrected chi connectivity index (χ4v) is 2.54. The summed E-state index contributed by atoms with van der Waals surface area (Å²) >= 11 is 1.83. The van der Waals surface area contributed by atoms with Crippen molar-refractivity contribution in [3.63, 3.8) is 0 Å². The molecule has 0 saturated heterocycles. The minimum Gasteiger partial charge on any atom is -0.381 e. The molecule has 1 aromatic rings.